The Bertz CT molecular complexity index is 470. The van der Waals surface area contributed by atoms with Crippen molar-refractivity contribution in [1.29, 1.82) is 0 Å². The molecule has 0 aliphatic heterocycles. The SMILES string of the molecule is CN(C)C(=O)CCCC(=O)NC1CC(N(CC(=O)O)CC2CC2)C1. The Morgan fingerprint density at radius 3 is 2.33 bits per heavy atom. The second-order valence-corrected chi connectivity index (χ2v) is 7.30. The van der Waals surface area contributed by atoms with Crippen LogP contribution in [0.5, 0.6) is 0 Å². The molecule has 24 heavy (non-hydrogen) atoms. The third kappa shape index (κ3) is 6.11. The number of aliphatic carboxylic acids is 1. The summed E-state index contributed by atoms with van der Waals surface area (Å²) in [6, 6.07) is 0.407. The van der Waals surface area contributed by atoms with Crippen LogP contribution in [0.3, 0.4) is 0 Å². The van der Waals surface area contributed by atoms with Crippen LogP contribution < -0.4 is 5.32 Å². The maximum Gasteiger partial charge on any atom is 0.317 e. The number of amides is 2. The minimum atomic E-state index is -0.784. The standard InChI is InChI=1S/C17H29N3O4/c1-19(2)16(22)5-3-4-15(21)18-13-8-14(9-13)20(11-17(23)24)10-12-6-7-12/h12-14H,3-11H2,1-2H3,(H,18,21)(H,23,24). The van der Waals surface area contributed by atoms with Crippen LogP contribution in [0.2, 0.25) is 0 Å². The fraction of sp³-hybridized carbons (Fsp3) is 0.824. The number of carbonyl (C=O) groups is 3. The average molecular weight is 339 g/mol. The Balaban J connectivity index is 1.62. The maximum atomic E-state index is 11.9. The summed E-state index contributed by atoms with van der Waals surface area (Å²) in [5.41, 5.74) is 0. The van der Waals surface area contributed by atoms with Gasteiger partial charge < -0.3 is 15.3 Å². The number of rotatable bonds is 10. The molecule has 2 N–H and O–H groups in total. The average Bonchev–Trinajstić information content (AvgIpc) is 3.24. The highest BCUT2D eigenvalue weighted by Crippen LogP contribution is 2.33. The molecule has 0 radical (unpaired) electrons. The van der Waals surface area contributed by atoms with E-state index in [0.29, 0.717) is 25.2 Å². The van der Waals surface area contributed by atoms with Gasteiger partial charge in [0, 0.05) is 45.6 Å². The maximum absolute atomic E-state index is 11.9. The van der Waals surface area contributed by atoms with Gasteiger partial charge in [0.05, 0.1) is 6.54 Å². The second-order valence-electron chi connectivity index (χ2n) is 7.30. The molecule has 0 saturated heterocycles. The zero-order valence-corrected chi connectivity index (χ0v) is 14.7. The summed E-state index contributed by atoms with van der Waals surface area (Å²) < 4.78 is 0. The molecule has 2 saturated carbocycles. The van der Waals surface area contributed by atoms with E-state index in [1.165, 1.54) is 17.7 Å². The molecule has 2 amide bonds. The first-order valence-electron chi connectivity index (χ1n) is 8.80. The number of hydrogen-bond acceptors (Lipinski definition) is 4. The Hall–Kier alpha value is -1.63. The van der Waals surface area contributed by atoms with E-state index < -0.39 is 5.97 Å². The van der Waals surface area contributed by atoms with Gasteiger partial charge in [0.15, 0.2) is 0 Å². The van der Waals surface area contributed by atoms with Gasteiger partial charge in [-0.3, -0.25) is 19.3 Å². The highest BCUT2D eigenvalue weighted by atomic mass is 16.4. The molecule has 2 aliphatic rings. The lowest BCUT2D eigenvalue weighted by molar-refractivity contribution is -0.140. The summed E-state index contributed by atoms with van der Waals surface area (Å²) in [5.74, 6) is -0.103. The third-order valence-electron chi connectivity index (χ3n) is 4.82. The quantitative estimate of drug-likeness (QED) is 0.611. The van der Waals surface area contributed by atoms with Crippen LogP contribution >= 0.6 is 0 Å². The van der Waals surface area contributed by atoms with Gasteiger partial charge in [0.25, 0.3) is 0 Å². The molecular weight excluding hydrogens is 310 g/mol. The molecule has 7 nitrogen and oxygen atoms in total. The first kappa shape index (κ1) is 18.7. The molecule has 0 aromatic carbocycles. The predicted molar refractivity (Wildman–Crippen MR) is 89.4 cm³/mol. The molecule has 0 aromatic rings. The lowest BCUT2D eigenvalue weighted by Crippen LogP contribution is -2.55. The smallest absolute Gasteiger partial charge is 0.317 e. The van der Waals surface area contributed by atoms with Gasteiger partial charge in [-0.1, -0.05) is 0 Å². The Morgan fingerprint density at radius 1 is 1.12 bits per heavy atom. The first-order valence-corrected chi connectivity index (χ1v) is 8.80. The van der Waals surface area contributed by atoms with E-state index in [1.54, 1.807) is 14.1 Å². The summed E-state index contributed by atoms with van der Waals surface area (Å²) >= 11 is 0. The molecule has 0 unspecified atom stereocenters. The highest BCUT2D eigenvalue weighted by Gasteiger charge is 2.37. The van der Waals surface area contributed by atoms with Gasteiger partial charge in [-0.2, -0.15) is 0 Å². The number of carboxylic acids is 1. The fourth-order valence-electron chi connectivity index (χ4n) is 3.08. The van der Waals surface area contributed by atoms with E-state index in [1.807, 2.05) is 0 Å². The molecule has 2 fully saturated rings. The van der Waals surface area contributed by atoms with Gasteiger partial charge in [0.2, 0.25) is 11.8 Å². The fourth-order valence-corrected chi connectivity index (χ4v) is 3.08. The molecule has 0 atom stereocenters. The summed E-state index contributed by atoms with van der Waals surface area (Å²) in [6.45, 7) is 0.957. The number of hydrogen-bond donors (Lipinski definition) is 2. The van der Waals surface area contributed by atoms with Crippen molar-refractivity contribution in [3.8, 4) is 0 Å². The Kier molecular flexibility index (Phi) is 6.60. The predicted octanol–water partition coefficient (Wildman–Crippen LogP) is 0.689. The largest absolute Gasteiger partial charge is 0.480 e. The van der Waals surface area contributed by atoms with Crippen LogP contribution in [0.1, 0.15) is 44.9 Å². The van der Waals surface area contributed by atoms with Gasteiger partial charge in [0.1, 0.15) is 0 Å². The number of carboxylic acid groups (broad SMARTS) is 1. The van der Waals surface area contributed by atoms with E-state index in [-0.39, 0.29) is 30.4 Å². The molecule has 0 heterocycles. The van der Waals surface area contributed by atoms with Crippen molar-refractivity contribution >= 4 is 17.8 Å². The van der Waals surface area contributed by atoms with Gasteiger partial charge in [-0.15, -0.1) is 0 Å². The minimum Gasteiger partial charge on any atom is -0.480 e. The lowest BCUT2D eigenvalue weighted by atomic mass is 9.85. The normalized spacial score (nSPS) is 22.8. The van der Waals surface area contributed by atoms with Crippen molar-refractivity contribution in [2.24, 2.45) is 5.92 Å². The van der Waals surface area contributed by atoms with Gasteiger partial charge in [-0.05, 0) is 38.0 Å². The molecule has 0 bridgehead atoms. The number of carbonyl (C=O) groups excluding carboxylic acids is 2. The van der Waals surface area contributed by atoms with E-state index in [9.17, 15) is 14.4 Å². The molecule has 0 spiro atoms. The van der Waals surface area contributed by atoms with Crippen molar-refractivity contribution in [2.75, 3.05) is 27.2 Å². The summed E-state index contributed by atoms with van der Waals surface area (Å²) in [4.78, 5) is 37.9. The van der Waals surface area contributed by atoms with Crippen molar-refractivity contribution in [3.05, 3.63) is 0 Å². The molecular formula is C17H29N3O4. The summed E-state index contributed by atoms with van der Waals surface area (Å²) in [5, 5.41) is 12.0. The topological polar surface area (TPSA) is 90.0 Å². The number of nitrogens with zero attached hydrogens (tertiary/aromatic N) is 2. The third-order valence-corrected chi connectivity index (χ3v) is 4.82. The lowest BCUT2D eigenvalue weighted by Gasteiger charge is -2.42. The second kappa shape index (κ2) is 8.46. The Labute approximate surface area is 143 Å². The molecule has 7 heteroatoms. The highest BCUT2D eigenvalue weighted by molar-refractivity contribution is 5.78. The zero-order valence-electron chi connectivity index (χ0n) is 14.7. The molecule has 2 rings (SSSR count). The summed E-state index contributed by atoms with van der Waals surface area (Å²) in [7, 11) is 3.42. The van der Waals surface area contributed by atoms with Crippen molar-refractivity contribution in [2.45, 2.75) is 57.0 Å². The molecule has 2 aliphatic carbocycles. The van der Waals surface area contributed by atoms with Crippen LogP contribution in [-0.2, 0) is 14.4 Å². The van der Waals surface area contributed by atoms with Crippen molar-refractivity contribution in [1.82, 2.24) is 15.1 Å². The molecule has 136 valence electrons. The van der Waals surface area contributed by atoms with Crippen molar-refractivity contribution < 1.29 is 19.5 Å². The van der Waals surface area contributed by atoms with E-state index in [0.717, 1.165) is 19.4 Å². The summed E-state index contributed by atoms with van der Waals surface area (Å²) in [6.07, 6.45) is 5.36. The van der Waals surface area contributed by atoms with Crippen LogP contribution in [0.15, 0.2) is 0 Å². The zero-order chi connectivity index (χ0) is 17.7. The van der Waals surface area contributed by atoms with E-state index in [2.05, 4.69) is 10.2 Å². The van der Waals surface area contributed by atoms with Crippen LogP contribution in [0, 0.1) is 5.92 Å². The van der Waals surface area contributed by atoms with Gasteiger partial charge >= 0.3 is 5.97 Å². The monoisotopic (exact) mass is 339 g/mol. The number of nitrogens with one attached hydrogen (secondary N) is 1. The first-order chi connectivity index (χ1) is 11.3. The van der Waals surface area contributed by atoms with E-state index in [4.69, 9.17) is 5.11 Å². The van der Waals surface area contributed by atoms with Crippen LogP contribution in [0.4, 0.5) is 0 Å². The Morgan fingerprint density at radius 2 is 1.79 bits per heavy atom. The van der Waals surface area contributed by atoms with Crippen LogP contribution in [-0.4, -0.2) is 72.0 Å². The van der Waals surface area contributed by atoms with Gasteiger partial charge in [-0.25, -0.2) is 0 Å². The minimum absolute atomic E-state index is 0.0167. The van der Waals surface area contributed by atoms with Crippen molar-refractivity contribution in [3.63, 3.8) is 0 Å². The van der Waals surface area contributed by atoms with Crippen LogP contribution in [0.25, 0.3) is 0 Å². The van der Waals surface area contributed by atoms with E-state index >= 15 is 0 Å². The molecule has 0 aromatic heterocycles.